The lowest BCUT2D eigenvalue weighted by Gasteiger charge is -2.04. The summed E-state index contributed by atoms with van der Waals surface area (Å²) in [5.41, 5.74) is 0.693. The number of halogens is 1. The number of rotatable bonds is 4. The Bertz CT molecular complexity index is 728. The number of carbonyl (C=O) groups excluding carboxylic acids is 1. The third-order valence-corrected chi connectivity index (χ3v) is 3.10. The van der Waals surface area contributed by atoms with Gasteiger partial charge in [-0.3, -0.25) is 4.79 Å². The van der Waals surface area contributed by atoms with Crippen LogP contribution in [0.4, 0.5) is 0 Å². The zero-order chi connectivity index (χ0) is 13.9. The fourth-order valence-electron chi connectivity index (χ4n) is 1.90. The lowest BCUT2D eigenvalue weighted by atomic mass is 10.2. The first-order valence-electron chi connectivity index (χ1n) is 6.12. The van der Waals surface area contributed by atoms with Gasteiger partial charge in [0.25, 0.3) is 0 Å². The molecular formula is C16H11ClO3. The van der Waals surface area contributed by atoms with E-state index < -0.39 is 0 Å². The Morgan fingerprint density at radius 1 is 1.10 bits per heavy atom. The summed E-state index contributed by atoms with van der Waals surface area (Å²) in [6.07, 6.45) is 0. The minimum absolute atomic E-state index is 0.0832. The van der Waals surface area contributed by atoms with Crippen LogP contribution in [-0.4, -0.2) is 12.4 Å². The molecule has 3 aromatic rings. The summed E-state index contributed by atoms with van der Waals surface area (Å²) in [6, 6.07) is 16.1. The SMILES string of the molecule is O=C(COc1cccc(Cl)c1)c1cc2ccccc2o1. The average molecular weight is 287 g/mol. The van der Waals surface area contributed by atoms with Crippen LogP contribution < -0.4 is 4.74 Å². The van der Waals surface area contributed by atoms with Crippen molar-refractivity contribution in [3.63, 3.8) is 0 Å². The fourth-order valence-corrected chi connectivity index (χ4v) is 2.08. The second-order valence-corrected chi connectivity index (χ2v) is 4.75. The summed E-state index contributed by atoms with van der Waals surface area (Å²) in [5, 5.41) is 1.47. The molecule has 0 amide bonds. The number of hydrogen-bond acceptors (Lipinski definition) is 3. The standard InChI is InChI=1S/C16H11ClO3/c17-12-5-3-6-13(9-12)19-10-14(18)16-8-11-4-1-2-7-15(11)20-16/h1-9H,10H2. The average Bonchev–Trinajstić information content (AvgIpc) is 2.89. The van der Waals surface area contributed by atoms with Crippen LogP contribution in [0.5, 0.6) is 5.75 Å². The van der Waals surface area contributed by atoms with E-state index in [2.05, 4.69) is 0 Å². The molecule has 1 heterocycles. The monoisotopic (exact) mass is 286 g/mol. The van der Waals surface area contributed by atoms with E-state index >= 15 is 0 Å². The van der Waals surface area contributed by atoms with Crippen molar-refractivity contribution in [1.82, 2.24) is 0 Å². The second kappa shape index (κ2) is 5.39. The highest BCUT2D eigenvalue weighted by molar-refractivity contribution is 6.30. The van der Waals surface area contributed by atoms with Crippen molar-refractivity contribution in [2.24, 2.45) is 0 Å². The van der Waals surface area contributed by atoms with Crippen LogP contribution in [0.2, 0.25) is 5.02 Å². The number of ether oxygens (including phenoxy) is 1. The Morgan fingerprint density at radius 3 is 2.75 bits per heavy atom. The molecule has 20 heavy (non-hydrogen) atoms. The molecule has 0 bridgehead atoms. The van der Waals surface area contributed by atoms with Crippen molar-refractivity contribution >= 4 is 28.4 Å². The maximum atomic E-state index is 12.0. The highest BCUT2D eigenvalue weighted by Crippen LogP contribution is 2.20. The van der Waals surface area contributed by atoms with Gasteiger partial charge in [0, 0.05) is 10.4 Å². The number of para-hydroxylation sites is 1. The number of benzene rings is 2. The summed E-state index contributed by atoms with van der Waals surface area (Å²) in [7, 11) is 0. The molecule has 0 aliphatic heterocycles. The quantitative estimate of drug-likeness (QED) is 0.669. The molecule has 0 aliphatic carbocycles. The Labute approximate surface area is 120 Å². The number of hydrogen-bond donors (Lipinski definition) is 0. The highest BCUT2D eigenvalue weighted by Gasteiger charge is 2.12. The van der Waals surface area contributed by atoms with E-state index in [0.29, 0.717) is 22.1 Å². The van der Waals surface area contributed by atoms with Crippen LogP contribution in [-0.2, 0) is 0 Å². The van der Waals surface area contributed by atoms with Crippen molar-refractivity contribution in [3.05, 3.63) is 65.4 Å². The largest absolute Gasteiger partial charge is 0.485 e. The molecule has 0 spiro atoms. The van der Waals surface area contributed by atoms with Crippen LogP contribution in [0, 0.1) is 0 Å². The second-order valence-electron chi connectivity index (χ2n) is 4.32. The fraction of sp³-hybridized carbons (Fsp3) is 0.0625. The van der Waals surface area contributed by atoms with Gasteiger partial charge in [-0.15, -0.1) is 0 Å². The molecule has 0 fully saturated rings. The molecule has 0 atom stereocenters. The van der Waals surface area contributed by atoms with Gasteiger partial charge in [0.05, 0.1) is 0 Å². The first-order chi connectivity index (χ1) is 9.72. The maximum absolute atomic E-state index is 12.0. The van der Waals surface area contributed by atoms with Crippen molar-refractivity contribution in [3.8, 4) is 5.75 Å². The Hall–Kier alpha value is -2.26. The summed E-state index contributed by atoms with van der Waals surface area (Å²) in [4.78, 5) is 12.0. The van der Waals surface area contributed by atoms with E-state index in [0.717, 1.165) is 5.39 Å². The molecule has 4 heteroatoms. The predicted molar refractivity (Wildman–Crippen MR) is 77.5 cm³/mol. The Balaban J connectivity index is 1.73. The van der Waals surface area contributed by atoms with E-state index in [1.165, 1.54) is 0 Å². The van der Waals surface area contributed by atoms with E-state index in [4.69, 9.17) is 20.8 Å². The normalized spacial score (nSPS) is 10.7. The van der Waals surface area contributed by atoms with Crippen molar-refractivity contribution < 1.29 is 13.9 Å². The molecule has 100 valence electrons. The summed E-state index contributed by atoms with van der Waals surface area (Å²) in [6.45, 7) is -0.0832. The van der Waals surface area contributed by atoms with Crippen molar-refractivity contribution in [2.45, 2.75) is 0 Å². The van der Waals surface area contributed by atoms with Gasteiger partial charge in [0.15, 0.2) is 12.4 Å². The van der Waals surface area contributed by atoms with Gasteiger partial charge in [0.2, 0.25) is 5.78 Å². The number of carbonyl (C=O) groups is 1. The zero-order valence-corrected chi connectivity index (χ0v) is 11.3. The topological polar surface area (TPSA) is 39.4 Å². The summed E-state index contributed by atoms with van der Waals surface area (Å²) in [5.74, 6) is 0.649. The molecule has 0 aliphatic rings. The molecule has 2 aromatic carbocycles. The highest BCUT2D eigenvalue weighted by atomic mass is 35.5. The molecule has 0 radical (unpaired) electrons. The van der Waals surface area contributed by atoms with Gasteiger partial charge >= 0.3 is 0 Å². The van der Waals surface area contributed by atoms with Gasteiger partial charge in [0.1, 0.15) is 11.3 Å². The van der Waals surface area contributed by atoms with Gasteiger partial charge in [-0.05, 0) is 30.3 Å². The zero-order valence-electron chi connectivity index (χ0n) is 10.5. The number of ketones is 1. The van der Waals surface area contributed by atoms with Crippen molar-refractivity contribution in [1.29, 1.82) is 0 Å². The van der Waals surface area contributed by atoms with Crippen LogP contribution in [0.15, 0.2) is 59.0 Å². The molecule has 3 nitrogen and oxygen atoms in total. The maximum Gasteiger partial charge on any atom is 0.235 e. The molecule has 1 aromatic heterocycles. The lowest BCUT2D eigenvalue weighted by Crippen LogP contribution is -2.10. The van der Waals surface area contributed by atoms with E-state index in [-0.39, 0.29) is 12.4 Å². The molecule has 0 N–H and O–H groups in total. The molecular weight excluding hydrogens is 276 g/mol. The molecule has 0 saturated heterocycles. The van der Waals surface area contributed by atoms with E-state index in [9.17, 15) is 4.79 Å². The number of fused-ring (bicyclic) bond motifs is 1. The molecule has 3 rings (SSSR count). The first kappa shape index (κ1) is 12.8. The molecule has 0 saturated carbocycles. The number of Topliss-reactive ketones (excluding diaryl/α,β-unsaturated/α-hetero) is 1. The first-order valence-corrected chi connectivity index (χ1v) is 6.50. The van der Waals surface area contributed by atoms with Gasteiger partial charge < -0.3 is 9.15 Å². The van der Waals surface area contributed by atoms with Crippen LogP contribution >= 0.6 is 11.6 Å². The van der Waals surface area contributed by atoms with Gasteiger partial charge in [-0.1, -0.05) is 35.9 Å². The minimum atomic E-state index is -0.207. The molecule has 0 unspecified atom stereocenters. The van der Waals surface area contributed by atoms with Crippen LogP contribution in [0.3, 0.4) is 0 Å². The Kier molecular flexibility index (Phi) is 3.44. The van der Waals surface area contributed by atoms with E-state index in [1.54, 1.807) is 30.3 Å². The third-order valence-electron chi connectivity index (χ3n) is 2.87. The third kappa shape index (κ3) is 2.68. The number of furan rings is 1. The summed E-state index contributed by atoms with van der Waals surface area (Å²) >= 11 is 5.85. The van der Waals surface area contributed by atoms with Crippen molar-refractivity contribution in [2.75, 3.05) is 6.61 Å². The van der Waals surface area contributed by atoms with Crippen LogP contribution in [0.1, 0.15) is 10.6 Å². The van der Waals surface area contributed by atoms with Crippen LogP contribution in [0.25, 0.3) is 11.0 Å². The smallest absolute Gasteiger partial charge is 0.235 e. The summed E-state index contributed by atoms with van der Waals surface area (Å²) < 4.78 is 10.9. The van der Waals surface area contributed by atoms with Gasteiger partial charge in [-0.2, -0.15) is 0 Å². The lowest BCUT2D eigenvalue weighted by molar-refractivity contribution is 0.0896. The Morgan fingerprint density at radius 2 is 1.95 bits per heavy atom. The van der Waals surface area contributed by atoms with E-state index in [1.807, 2.05) is 24.3 Å². The minimum Gasteiger partial charge on any atom is -0.485 e. The predicted octanol–water partition coefficient (Wildman–Crippen LogP) is 4.35. The van der Waals surface area contributed by atoms with Gasteiger partial charge in [-0.25, -0.2) is 0 Å².